The van der Waals surface area contributed by atoms with Gasteiger partial charge in [0.25, 0.3) is 0 Å². The molecule has 1 aromatic rings. The molecular formula is C11H16N2O5. The third-order valence-electron chi connectivity index (χ3n) is 2.43. The predicted octanol–water partition coefficient (Wildman–Crippen LogP) is 0.0104. The van der Waals surface area contributed by atoms with Gasteiger partial charge in [0, 0.05) is 38.9 Å². The van der Waals surface area contributed by atoms with E-state index in [1.165, 1.54) is 6.07 Å². The number of hydrogen-bond acceptors (Lipinski definition) is 4. The van der Waals surface area contributed by atoms with Gasteiger partial charge in [-0.15, -0.1) is 0 Å². The van der Waals surface area contributed by atoms with Gasteiger partial charge in [-0.1, -0.05) is 0 Å². The summed E-state index contributed by atoms with van der Waals surface area (Å²) >= 11 is 0. The molecule has 0 spiro atoms. The van der Waals surface area contributed by atoms with Gasteiger partial charge in [-0.2, -0.15) is 0 Å². The first-order valence-corrected chi connectivity index (χ1v) is 5.43. The number of pyridine rings is 1. The van der Waals surface area contributed by atoms with Crippen LogP contribution < -0.4 is 10.7 Å². The van der Waals surface area contributed by atoms with Crippen LogP contribution in [-0.4, -0.2) is 41.1 Å². The van der Waals surface area contributed by atoms with E-state index in [0.29, 0.717) is 18.8 Å². The van der Waals surface area contributed by atoms with Crippen molar-refractivity contribution in [3.63, 3.8) is 0 Å². The molecule has 0 saturated carbocycles. The second kappa shape index (κ2) is 6.65. The molecule has 0 aliphatic carbocycles. The first-order valence-electron chi connectivity index (χ1n) is 5.43. The Morgan fingerprint density at radius 1 is 1.56 bits per heavy atom. The van der Waals surface area contributed by atoms with Gasteiger partial charge < -0.3 is 24.8 Å². The minimum atomic E-state index is -1.14. The van der Waals surface area contributed by atoms with Gasteiger partial charge in [0.05, 0.1) is 12.3 Å². The standard InChI is InChI=1S/C11H16N2O5/c1-18-7-6-13-5-3-9(14)10(15)8(13)2-4-12-11(16)17/h3,5,12,15H,2,4,6-7H2,1H3,(H,16,17). The van der Waals surface area contributed by atoms with Gasteiger partial charge in [-0.25, -0.2) is 4.79 Å². The number of amides is 1. The highest BCUT2D eigenvalue weighted by molar-refractivity contribution is 5.64. The third-order valence-corrected chi connectivity index (χ3v) is 2.43. The number of carboxylic acid groups (broad SMARTS) is 1. The lowest BCUT2D eigenvalue weighted by Gasteiger charge is -2.14. The lowest BCUT2D eigenvalue weighted by molar-refractivity contribution is 0.185. The first-order chi connectivity index (χ1) is 8.56. The zero-order valence-electron chi connectivity index (χ0n) is 10.0. The van der Waals surface area contributed by atoms with E-state index in [2.05, 4.69) is 5.32 Å². The third kappa shape index (κ3) is 3.77. The molecule has 7 nitrogen and oxygen atoms in total. The summed E-state index contributed by atoms with van der Waals surface area (Å²) in [5, 5.41) is 20.3. The second-order valence-electron chi connectivity index (χ2n) is 3.64. The molecule has 18 heavy (non-hydrogen) atoms. The Morgan fingerprint density at radius 3 is 2.89 bits per heavy atom. The monoisotopic (exact) mass is 256 g/mol. The maximum absolute atomic E-state index is 11.3. The van der Waals surface area contributed by atoms with Gasteiger partial charge in [-0.05, 0) is 0 Å². The van der Waals surface area contributed by atoms with Crippen molar-refractivity contribution < 1.29 is 19.7 Å². The van der Waals surface area contributed by atoms with Crippen LogP contribution in [0, 0.1) is 0 Å². The van der Waals surface area contributed by atoms with E-state index < -0.39 is 11.5 Å². The fourth-order valence-corrected chi connectivity index (χ4v) is 1.55. The van der Waals surface area contributed by atoms with Crippen LogP contribution >= 0.6 is 0 Å². The molecule has 7 heteroatoms. The van der Waals surface area contributed by atoms with Crippen LogP contribution in [0.3, 0.4) is 0 Å². The summed E-state index contributed by atoms with van der Waals surface area (Å²) < 4.78 is 6.59. The molecule has 1 rings (SSSR count). The molecule has 0 aliphatic heterocycles. The molecule has 1 aromatic heterocycles. The van der Waals surface area contributed by atoms with Crippen LogP contribution in [0.25, 0.3) is 0 Å². The van der Waals surface area contributed by atoms with Crippen molar-refractivity contribution in [2.24, 2.45) is 0 Å². The molecule has 0 aromatic carbocycles. The van der Waals surface area contributed by atoms with Crippen molar-refractivity contribution >= 4 is 6.09 Å². The highest BCUT2D eigenvalue weighted by Gasteiger charge is 2.10. The topological polar surface area (TPSA) is 101 Å². The molecule has 0 bridgehead atoms. The molecule has 1 heterocycles. The Kier molecular flexibility index (Phi) is 5.19. The summed E-state index contributed by atoms with van der Waals surface area (Å²) in [6.07, 6.45) is 0.644. The molecule has 0 saturated heterocycles. The predicted molar refractivity (Wildman–Crippen MR) is 64.0 cm³/mol. The SMILES string of the molecule is COCCn1ccc(=O)c(O)c1CCNC(=O)O. The number of nitrogens with one attached hydrogen (secondary N) is 1. The van der Waals surface area contributed by atoms with E-state index in [-0.39, 0.29) is 18.7 Å². The van der Waals surface area contributed by atoms with Crippen molar-refractivity contribution in [2.75, 3.05) is 20.3 Å². The van der Waals surface area contributed by atoms with E-state index in [1.807, 2.05) is 0 Å². The van der Waals surface area contributed by atoms with E-state index >= 15 is 0 Å². The van der Waals surface area contributed by atoms with E-state index in [1.54, 1.807) is 17.9 Å². The Bertz CT molecular complexity index is 469. The summed E-state index contributed by atoms with van der Waals surface area (Å²) in [6, 6.07) is 1.26. The first kappa shape index (κ1) is 14.0. The zero-order chi connectivity index (χ0) is 13.5. The van der Waals surface area contributed by atoms with Gasteiger partial charge in [0.2, 0.25) is 5.43 Å². The summed E-state index contributed by atoms with van der Waals surface area (Å²) in [5.74, 6) is -0.346. The smallest absolute Gasteiger partial charge is 0.404 e. The lowest BCUT2D eigenvalue weighted by atomic mass is 10.2. The highest BCUT2D eigenvalue weighted by atomic mass is 16.5. The second-order valence-corrected chi connectivity index (χ2v) is 3.64. The van der Waals surface area contributed by atoms with E-state index in [0.717, 1.165) is 0 Å². The average molecular weight is 256 g/mol. The molecule has 0 unspecified atom stereocenters. The number of aromatic nitrogens is 1. The molecule has 1 amide bonds. The quantitative estimate of drug-likeness (QED) is 0.665. The number of nitrogens with zero attached hydrogens (tertiary/aromatic N) is 1. The Morgan fingerprint density at radius 2 is 2.28 bits per heavy atom. The Labute approximate surface area is 104 Å². The van der Waals surface area contributed by atoms with E-state index in [4.69, 9.17) is 9.84 Å². The number of carbonyl (C=O) groups is 1. The number of ether oxygens (including phenoxy) is 1. The van der Waals surface area contributed by atoms with Crippen LogP contribution in [0.4, 0.5) is 4.79 Å². The number of hydrogen-bond donors (Lipinski definition) is 3. The Hall–Kier alpha value is -2.02. The lowest BCUT2D eigenvalue weighted by Crippen LogP contribution is -2.25. The number of methoxy groups -OCH3 is 1. The molecule has 0 atom stereocenters. The molecule has 0 fully saturated rings. The minimum Gasteiger partial charge on any atom is -0.503 e. The van der Waals surface area contributed by atoms with Crippen molar-refractivity contribution in [3.8, 4) is 5.75 Å². The van der Waals surface area contributed by atoms with Crippen LogP contribution in [-0.2, 0) is 17.7 Å². The highest BCUT2D eigenvalue weighted by Crippen LogP contribution is 2.11. The maximum Gasteiger partial charge on any atom is 0.404 e. The Balaban J connectivity index is 2.86. The molecular weight excluding hydrogens is 240 g/mol. The van der Waals surface area contributed by atoms with Crippen LogP contribution in [0.1, 0.15) is 5.69 Å². The van der Waals surface area contributed by atoms with Gasteiger partial charge in [0.1, 0.15) is 0 Å². The minimum absolute atomic E-state index is 0.124. The summed E-state index contributed by atoms with van der Waals surface area (Å²) in [4.78, 5) is 21.7. The number of rotatable bonds is 6. The summed E-state index contributed by atoms with van der Waals surface area (Å²) in [6.45, 7) is 1.04. The fraction of sp³-hybridized carbons (Fsp3) is 0.455. The van der Waals surface area contributed by atoms with Gasteiger partial charge >= 0.3 is 6.09 Å². The van der Waals surface area contributed by atoms with Crippen LogP contribution in [0.15, 0.2) is 17.1 Å². The maximum atomic E-state index is 11.3. The molecule has 3 N–H and O–H groups in total. The van der Waals surface area contributed by atoms with Gasteiger partial charge in [0.15, 0.2) is 5.75 Å². The van der Waals surface area contributed by atoms with Crippen molar-refractivity contribution in [1.29, 1.82) is 0 Å². The van der Waals surface area contributed by atoms with Crippen molar-refractivity contribution in [3.05, 3.63) is 28.2 Å². The van der Waals surface area contributed by atoms with Crippen LogP contribution in [0.2, 0.25) is 0 Å². The van der Waals surface area contributed by atoms with Crippen molar-refractivity contribution in [1.82, 2.24) is 9.88 Å². The summed E-state index contributed by atoms with van der Waals surface area (Å²) in [5.41, 5.74) is -0.0812. The zero-order valence-corrected chi connectivity index (χ0v) is 10.0. The number of aromatic hydroxyl groups is 1. The molecule has 100 valence electrons. The van der Waals surface area contributed by atoms with E-state index in [9.17, 15) is 14.7 Å². The van der Waals surface area contributed by atoms with Crippen LogP contribution in [0.5, 0.6) is 5.75 Å². The summed E-state index contributed by atoms with van der Waals surface area (Å²) in [7, 11) is 1.55. The average Bonchev–Trinajstić information content (AvgIpc) is 2.33. The largest absolute Gasteiger partial charge is 0.503 e. The normalized spacial score (nSPS) is 10.3. The fourth-order valence-electron chi connectivity index (χ4n) is 1.55. The van der Waals surface area contributed by atoms with Crippen molar-refractivity contribution in [2.45, 2.75) is 13.0 Å². The van der Waals surface area contributed by atoms with Gasteiger partial charge in [-0.3, -0.25) is 4.79 Å². The molecule has 0 radical (unpaired) electrons. The molecule has 0 aliphatic rings.